The summed E-state index contributed by atoms with van der Waals surface area (Å²) in [6.45, 7) is 6.85. The number of ketones is 1. The summed E-state index contributed by atoms with van der Waals surface area (Å²) in [5, 5.41) is 0. The molecule has 0 fully saturated rings. The van der Waals surface area contributed by atoms with Crippen LogP contribution in [0, 0.1) is 0 Å². The van der Waals surface area contributed by atoms with E-state index in [1.54, 1.807) is 7.11 Å². The summed E-state index contributed by atoms with van der Waals surface area (Å²) in [5.74, 6) is 0.486. The standard InChI is InChI=1S/C13H10NO2.3C4H9.Sn/c1-16-13-11(8-5-9-14-13)12(15)10-6-3-2-4-7-10;3*1-3-4-2;/h2-8H,1H3;3*1,3-4H2,2H3;. The zero-order valence-electron chi connectivity index (χ0n) is 18.7. The summed E-state index contributed by atoms with van der Waals surface area (Å²) < 4.78 is 11.0. The molecule has 29 heavy (non-hydrogen) atoms. The Bertz CT molecular complexity index is 739. The van der Waals surface area contributed by atoms with Crippen LogP contribution in [0.4, 0.5) is 0 Å². The van der Waals surface area contributed by atoms with Crippen molar-refractivity contribution in [3.05, 3.63) is 53.6 Å². The fourth-order valence-corrected chi connectivity index (χ4v) is 19.5. The van der Waals surface area contributed by atoms with E-state index >= 15 is 0 Å². The Balaban J connectivity index is 2.46. The number of carbonyl (C=O) groups excluding carboxylic acids is 1. The number of ether oxygens (including phenoxy) is 1. The van der Waals surface area contributed by atoms with E-state index in [9.17, 15) is 4.79 Å². The molecule has 0 bridgehead atoms. The van der Waals surface area contributed by atoms with Gasteiger partial charge in [0.25, 0.3) is 0 Å². The Morgan fingerprint density at radius 3 is 1.90 bits per heavy atom. The average molecular weight is 502 g/mol. The van der Waals surface area contributed by atoms with Gasteiger partial charge < -0.3 is 0 Å². The quantitative estimate of drug-likeness (QED) is 0.236. The van der Waals surface area contributed by atoms with Gasteiger partial charge in [0.05, 0.1) is 0 Å². The van der Waals surface area contributed by atoms with Crippen LogP contribution in [0.15, 0.2) is 42.5 Å². The van der Waals surface area contributed by atoms with Crippen molar-refractivity contribution in [1.29, 1.82) is 0 Å². The molecule has 1 aromatic heterocycles. The molecule has 0 amide bonds. The van der Waals surface area contributed by atoms with Crippen LogP contribution in [-0.4, -0.2) is 36.3 Å². The number of nitrogens with zero attached hydrogens (tertiary/aromatic N) is 1. The molecule has 0 aliphatic heterocycles. The predicted molar refractivity (Wildman–Crippen MR) is 125 cm³/mol. The van der Waals surface area contributed by atoms with Crippen LogP contribution in [0.1, 0.15) is 75.2 Å². The zero-order chi connectivity index (χ0) is 21.1. The number of benzene rings is 1. The van der Waals surface area contributed by atoms with E-state index < -0.39 is 18.4 Å². The molecule has 1 heterocycles. The van der Waals surface area contributed by atoms with Crippen LogP contribution < -0.4 is 8.45 Å². The van der Waals surface area contributed by atoms with Crippen LogP contribution in [0.25, 0.3) is 0 Å². The summed E-state index contributed by atoms with van der Waals surface area (Å²) in [5.41, 5.74) is 1.25. The summed E-state index contributed by atoms with van der Waals surface area (Å²) >= 11 is -2.64. The maximum atomic E-state index is 13.0. The number of carbonyl (C=O) groups is 1. The molecule has 158 valence electrons. The van der Waals surface area contributed by atoms with Gasteiger partial charge in [0.1, 0.15) is 0 Å². The molecule has 0 spiro atoms. The van der Waals surface area contributed by atoms with Gasteiger partial charge in [-0.25, -0.2) is 0 Å². The number of rotatable bonds is 13. The van der Waals surface area contributed by atoms with Gasteiger partial charge in [-0.05, 0) is 0 Å². The van der Waals surface area contributed by atoms with Crippen LogP contribution in [0.3, 0.4) is 0 Å². The number of methoxy groups -OCH3 is 1. The van der Waals surface area contributed by atoms with E-state index in [0.29, 0.717) is 17.0 Å². The molecular formula is C25H37NO2Sn. The summed E-state index contributed by atoms with van der Waals surface area (Å²) in [6.07, 6.45) is 7.57. The number of hydrogen-bond donors (Lipinski definition) is 0. The molecule has 0 unspecified atom stereocenters. The Morgan fingerprint density at radius 1 is 0.862 bits per heavy atom. The van der Waals surface area contributed by atoms with E-state index in [0.717, 1.165) is 0 Å². The SMILES string of the molecule is CCC[CH2][Sn]([CH2]CCC)([CH2]CCC)[c]1ccc(C(=O)c2ccccc2)c(OC)n1. The van der Waals surface area contributed by atoms with Gasteiger partial charge in [-0.3, -0.25) is 0 Å². The second kappa shape index (κ2) is 12.4. The van der Waals surface area contributed by atoms with Crippen LogP contribution >= 0.6 is 0 Å². The van der Waals surface area contributed by atoms with Crippen molar-refractivity contribution in [2.24, 2.45) is 0 Å². The van der Waals surface area contributed by atoms with Gasteiger partial charge >= 0.3 is 182 Å². The number of hydrogen-bond acceptors (Lipinski definition) is 3. The Labute approximate surface area is 181 Å². The van der Waals surface area contributed by atoms with Crippen LogP contribution in [0.5, 0.6) is 5.88 Å². The molecule has 0 atom stereocenters. The average Bonchev–Trinajstić information content (AvgIpc) is 2.78. The van der Waals surface area contributed by atoms with Crippen molar-refractivity contribution in [3.63, 3.8) is 0 Å². The monoisotopic (exact) mass is 503 g/mol. The van der Waals surface area contributed by atoms with Gasteiger partial charge in [0.15, 0.2) is 0 Å². The van der Waals surface area contributed by atoms with Crippen molar-refractivity contribution in [1.82, 2.24) is 4.98 Å². The molecule has 2 rings (SSSR count). The minimum atomic E-state index is -2.64. The summed E-state index contributed by atoms with van der Waals surface area (Å²) in [6, 6.07) is 13.6. The third-order valence-electron chi connectivity index (χ3n) is 5.90. The van der Waals surface area contributed by atoms with Gasteiger partial charge in [0.2, 0.25) is 0 Å². The second-order valence-electron chi connectivity index (χ2n) is 8.04. The van der Waals surface area contributed by atoms with Crippen molar-refractivity contribution in [2.75, 3.05) is 7.11 Å². The number of aromatic nitrogens is 1. The molecule has 3 nitrogen and oxygen atoms in total. The molecule has 0 aliphatic carbocycles. The Kier molecular flexibility index (Phi) is 10.2. The first-order valence-electron chi connectivity index (χ1n) is 11.3. The van der Waals surface area contributed by atoms with E-state index in [2.05, 4.69) is 26.8 Å². The molecule has 0 radical (unpaired) electrons. The van der Waals surface area contributed by atoms with Crippen molar-refractivity contribution in [3.8, 4) is 5.88 Å². The molecule has 0 saturated heterocycles. The van der Waals surface area contributed by atoms with Crippen molar-refractivity contribution in [2.45, 2.75) is 72.6 Å². The van der Waals surface area contributed by atoms with Gasteiger partial charge in [-0.15, -0.1) is 0 Å². The third-order valence-corrected chi connectivity index (χ3v) is 21.0. The summed E-state index contributed by atoms with van der Waals surface area (Å²) in [7, 11) is 1.63. The van der Waals surface area contributed by atoms with Crippen LogP contribution in [0.2, 0.25) is 13.3 Å². The first kappa shape index (κ1) is 23.9. The molecule has 0 saturated carbocycles. The Hall–Kier alpha value is -1.36. The number of unbranched alkanes of at least 4 members (excludes halogenated alkanes) is 3. The zero-order valence-corrected chi connectivity index (χ0v) is 21.5. The maximum absolute atomic E-state index is 13.0. The molecular weight excluding hydrogens is 465 g/mol. The fraction of sp³-hybridized carbons (Fsp3) is 0.520. The number of pyridine rings is 1. The van der Waals surface area contributed by atoms with Crippen molar-refractivity contribution >= 4 is 27.9 Å². The molecule has 4 heteroatoms. The van der Waals surface area contributed by atoms with Crippen LogP contribution in [-0.2, 0) is 0 Å². The third kappa shape index (κ3) is 6.31. The predicted octanol–water partition coefficient (Wildman–Crippen LogP) is 6.38. The molecule has 1 aromatic carbocycles. The van der Waals surface area contributed by atoms with Gasteiger partial charge in [-0.2, -0.15) is 0 Å². The fourth-order valence-electron chi connectivity index (χ4n) is 4.11. The first-order valence-corrected chi connectivity index (χ1v) is 18.7. The first-order chi connectivity index (χ1) is 14.1. The van der Waals surface area contributed by atoms with Crippen molar-refractivity contribution < 1.29 is 9.53 Å². The van der Waals surface area contributed by atoms with E-state index in [-0.39, 0.29) is 5.78 Å². The van der Waals surface area contributed by atoms with Gasteiger partial charge in [-0.1, -0.05) is 0 Å². The Morgan fingerprint density at radius 2 is 1.41 bits per heavy atom. The van der Waals surface area contributed by atoms with E-state index in [1.165, 1.54) is 55.5 Å². The van der Waals surface area contributed by atoms with E-state index in [1.807, 2.05) is 36.4 Å². The second-order valence-corrected chi connectivity index (χ2v) is 21.1. The topological polar surface area (TPSA) is 39.2 Å². The van der Waals surface area contributed by atoms with E-state index in [4.69, 9.17) is 9.72 Å². The minimum absolute atomic E-state index is 0.0158. The molecule has 2 aromatic rings. The molecule has 0 aliphatic rings. The molecule has 0 N–H and O–H groups in total. The normalized spacial score (nSPS) is 11.4. The summed E-state index contributed by atoms with van der Waals surface area (Å²) in [4.78, 5) is 18.0. The van der Waals surface area contributed by atoms with Gasteiger partial charge in [0, 0.05) is 0 Å².